The second-order valence-corrected chi connectivity index (χ2v) is 6.18. The van der Waals surface area contributed by atoms with Crippen molar-refractivity contribution < 1.29 is 4.74 Å². The van der Waals surface area contributed by atoms with E-state index < -0.39 is 0 Å². The number of ether oxygens (including phenoxy) is 1. The van der Waals surface area contributed by atoms with E-state index in [-0.39, 0.29) is 6.10 Å². The zero-order valence-electron chi connectivity index (χ0n) is 13.4. The fourth-order valence-electron chi connectivity index (χ4n) is 3.59. The molecule has 0 radical (unpaired) electrons. The Kier molecular flexibility index (Phi) is 4.11. The molecular formula is C18H19N5O. The van der Waals surface area contributed by atoms with E-state index >= 15 is 0 Å². The van der Waals surface area contributed by atoms with Crippen LogP contribution in [0.1, 0.15) is 11.3 Å². The molecule has 2 aromatic rings. The number of benzene rings is 1. The predicted octanol–water partition coefficient (Wildman–Crippen LogP) is 1.44. The largest absolute Gasteiger partial charge is 0.373 e. The van der Waals surface area contributed by atoms with Gasteiger partial charge < -0.3 is 9.64 Å². The van der Waals surface area contributed by atoms with Crippen LogP contribution in [0, 0.1) is 11.3 Å². The Balaban J connectivity index is 1.53. The minimum atomic E-state index is 0.149. The van der Waals surface area contributed by atoms with Crippen LogP contribution in [-0.4, -0.2) is 53.3 Å². The summed E-state index contributed by atoms with van der Waals surface area (Å²) in [4.78, 5) is 13.1. The van der Waals surface area contributed by atoms with Crippen LogP contribution in [0.2, 0.25) is 0 Å². The first kappa shape index (κ1) is 15.1. The summed E-state index contributed by atoms with van der Waals surface area (Å²) in [5.74, 6) is 0.665. The smallest absolute Gasteiger partial charge is 0.183 e. The molecule has 0 amide bonds. The van der Waals surface area contributed by atoms with Crippen molar-refractivity contribution in [1.29, 1.82) is 5.26 Å². The maximum absolute atomic E-state index is 9.26. The molecule has 6 heteroatoms. The number of morpholine rings is 1. The van der Waals surface area contributed by atoms with Crippen molar-refractivity contribution in [3.05, 3.63) is 54.0 Å². The molecular weight excluding hydrogens is 302 g/mol. The molecule has 0 unspecified atom stereocenters. The average Bonchev–Trinajstić information content (AvgIpc) is 3.08. The van der Waals surface area contributed by atoms with Gasteiger partial charge in [0.2, 0.25) is 0 Å². The standard InChI is InChI=1S/C18H19N5O/c19-10-15-18(21-7-6-20-15)23-12-16-17(13-23)24-9-8-22(16)11-14-4-2-1-3-5-14/h1-7,16-17H,8-9,11-13H2/t16-,17+/m1/s1. The molecule has 2 aliphatic heterocycles. The Morgan fingerprint density at radius 3 is 2.83 bits per heavy atom. The molecule has 0 aliphatic carbocycles. The highest BCUT2D eigenvalue weighted by Crippen LogP contribution is 2.28. The highest BCUT2D eigenvalue weighted by molar-refractivity contribution is 5.51. The Hall–Kier alpha value is -2.49. The van der Waals surface area contributed by atoms with Crippen molar-refractivity contribution in [3.63, 3.8) is 0 Å². The van der Waals surface area contributed by atoms with Crippen LogP contribution in [0.4, 0.5) is 5.82 Å². The van der Waals surface area contributed by atoms with Gasteiger partial charge >= 0.3 is 0 Å². The molecule has 1 aromatic carbocycles. The van der Waals surface area contributed by atoms with Gasteiger partial charge in [0.25, 0.3) is 0 Å². The monoisotopic (exact) mass is 321 g/mol. The molecule has 0 bridgehead atoms. The average molecular weight is 321 g/mol. The summed E-state index contributed by atoms with van der Waals surface area (Å²) in [6.45, 7) is 4.15. The van der Waals surface area contributed by atoms with E-state index in [1.807, 2.05) is 6.07 Å². The van der Waals surface area contributed by atoms with E-state index in [4.69, 9.17) is 4.74 Å². The quantitative estimate of drug-likeness (QED) is 0.852. The van der Waals surface area contributed by atoms with Crippen molar-refractivity contribution in [2.24, 2.45) is 0 Å². The Morgan fingerprint density at radius 1 is 1.17 bits per heavy atom. The van der Waals surface area contributed by atoms with Gasteiger partial charge in [0.1, 0.15) is 6.07 Å². The highest BCUT2D eigenvalue weighted by Gasteiger charge is 2.41. The number of fused-ring (bicyclic) bond motifs is 1. The molecule has 2 fully saturated rings. The zero-order chi connectivity index (χ0) is 16.4. The number of rotatable bonds is 3. The maximum atomic E-state index is 9.26. The van der Waals surface area contributed by atoms with Crippen molar-refractivity contribution in [3.8, 4) is 6.07 Å². The van der Waals surface area contributed by atoms with E-state index in [2.05, 4.69) is 50.1 Å². The lowest BCUT2D eigenvalue weighted by atomic mass is 10.1. The SMILES string of the molecule is N#Cc1nccnc1N1C[C@@H]2OCCN(Cc3ccccc3)[C@@H]2C1. The van der Waals surface area contributed by atoms with Crippen LogP contribution >= 0.6 is 0 Å². The summed E-state index contributed by atoms with van der Waals surface area (Å²) >= 11 is 0. The summed E-state index contributed by atoms with van der Waals surface area (Å²) in [5.41, 5.74) is 1.69. The van der Waals surface area contributed by atoms with Crippen molar-refractivity contribution in [2.45, 2.75) is 18.7 Å². The van der Waals surface area contributed by atoms with Crippen LogP contribution in [0.25, 0.3) is 0 Å². The van der Waals surface area contributed by atoms with Crippen LogP contribution in [0.3, 0.4) is 0 Å². The number of hydrogen-bond donors (Lipinski definition) is 0. The van der Waals surface area contributed by atoms with Crippen LogP contribution < -0.4 is 4.90 Å². The molecule has 2 atom stereocenters. The fourth-order valence-corrected chi connectivity index (χ4v) is 3.59. The number of anilines is 1. The summed E-state index contributed by atoms with van der Waals surface area (Å²) in [7, 11) is 0. The second kappa shape index (κ2) is 6.56. The minimum absolute atomic E-state index is 0.149. The van der Waals surface area contributed by atoms with Gasteiger partial charge in [-0.1, -0.05) is 30.3 Å². The number of nitriles is 1. The first-order valence-electron chi connectivity index (χ1n) is 8.21. The topological polar surface area (TPSA) is 65.3 Å². The molecule has 0 saturated carbocycles. The molecule has 122 valence electrons. The molecule has 2 aliphatic rings. The van der Waals surface area contributed by atoms with Gasteiger partial charge in [-0.15, -0.1) is 0 Å². The molecule has 24 heavy (non-hydrogen) atoms. The molecule has 1 aromatic heterocycles. The Bertz CT molecular complexity index is 745. The lowest BCUT2D eigenvalue weighted by Gasteiger charge is -2.36. The van der Waals surface area contributed by atoms with E-state index in [0.29, 0.717) is 17.6 Å². The Morgan fingerprint density at radius 2 is 2.00 bits per heavy atom. The van der Waals surface area contributed by atoms with Gasteiger partial charge in [-0.3, -0.25) is 4.90 Å². The van der Waals surface area contributed by atoms with E-state index in [1.165, 1.54) is 5.56 Å². The first-order chi connectivity index (χ1) is 11.8. The summed E-state index contributed by atoms with van der Waals surface area (Å²) < 4.78 is 5.98. The van der Waals surface area contributed by atoms with E-state index in [1.54, 1.807) is 12.4 Å². The van der Waals surface area contributed by atoms with Crippen molar-refractivity contribution in [2.75, 3.05) is 31.1 Å². The lowest BCUT2D eigenvalue weighted by Crippen LogP contribution is -2.50. The zero-order valence-corrected chi connectivity index (χ0v) is 13.4. The molecule has 6 nitrogen and oxygen atoms in total. The maximum Gasteiger partial charge on any atom is 0.183 e. The lowest BCUT2D eigenvalue weighted by molar-refractivity contribution is -0.0499. The Labute approximate surface area is 141 Å². The summed E-state index contributed by atoms with van der Waals surface area (Å²) in [6.07, 6.45) is 3.35. The van der Waals surface area contributed by atoms with Gasteiger partial charge in [0.05, 0.1) is 18.8 Å². The highest BCUT2D eigenvalue weighted by atomic mass is 16.5. The van der Waals surface area contributed by atoms with Crippen LogP contribution in [-0.2, 0) is 11.3 Å². The van der Waals surface area contributed by atoms with E-state index in [9.17, 15) is 5.26 Å². The second-order valence-electron chi connectivity index (χ2n) is 6.18. The van der Waals surface area contributed by atoms with Crippen molar-refractivity contribution in [1.82, 2.24) is 14.9 Å². The summed E-state index contributed by atoms with van der Waals surface area (Å²) in [6, 6.07) is 13.0. The minimum Gasteiger partial charge on any atom is -0.373 e. The number of aromatic nitrogens is 2. The first-order valence-corrected chi connectivity index (χ1v) is 8.21. The normalized spacial score (nSPS) is 23.7. The van der Waals surface area contributed by atoms with Crippen LogP contribution in [0.15, 0.2) is 42.7 Å². The molecule has 0 spiro atoms. The van der Waals surface area contributed by atoms with Gasteiger partial charge in [-0.2, -0.15) is 5.26 Å². The molecule has 4 rings (SSSR count). The predicted molar refractivity (Wildman–Crippen MR) is 89.3 cm³/mol. The molecule has 2 saturated heterocycles. The third-order valence-electron chi connectivity index (χ3n) is 4.73. The van der Waals surface area contributed by atoms with Crippen molar-refractivity contribution >= 4 is 5.82 Å². The van der Waals surface area contributed by atoms with Gasteiger partial charge in [0, 0.05) is 38.6 Å². The third kappa shape index (κ3) is 2.84. The fraction of sp³-hybridized carbons (Fsp3) is 0.389. The summed E-state index contributed by atoms with van der Waals surface area (Å²) in [5, 5.41) is 9.26. The number of nitrogens with zero attached hydrogens (tertiary/aromatic N) is 5. The van der Waals surface area contributed by atoms with Gasteiger partial charge in [0.15, 0.2) is 11.5 Å². The number of hydrogen-bond acceptors (Lipinski definition) is 6. The van der Waals surface area contributed by atoms with E-state index in [0.717, 1.165) is 32.8 Å². The van der Waals surface area contributed by atoms with Gasteiger partial charge in [-0.05, 0) is 5.56 Å². The van der Waals surface area contributed by atoms with Crippen LogP contribution in [0.5, 0.6) is 0 Å². The molecule has 0 N–H and O–H groups in total. The van der Waals surface area contributed by atoms with Gasteiger partial charge in [-0.25, -0.2) is 9.97 Å². The third-order valence-corrected chi connectivity index (χ3v) is 4.73. The molecule has 3 heterocycles.